The Balaban J connectivity index is 0.00000242. The van der Waals surface area contributed by atoms with E-state index in [9.17, 15) is 0 Å². The van der Waals surface area contributed by atoms with Gasteiger partial charge in [0.1, 0.15) is 5.15 Å². The van der Waals surface area contributed by atoms with Gasteiger partial charge >= 0.3 is 0 Å². The van der Waals surface area contributed by atoms with E-state index in [0.29, 0.717) is 11.7 Å². The van der Waals surface area contributed by atoms with E-state index in [1.807, 2.05) is 12.3 Å². The van der Waals surface area contributed by atoms with Gasteiger partial charge in [-0.2, -0.15) is 0 Å². The Kier molecular flexibility index (Phi) is 8.66. The Morgan fingerprint density at radius 1 is 1.27 bits per heavy atom. The minimum absolute atomic E-state index is 0. The van der Waals surface area contributed by atoms with Crippen LogP contribution >= 0.6 is 46.9 Å². The summed E-state index contributed by atoms with van der Waals surface area (Å²) >= 11 is 7.48. The molecule has 0 radical (unpaired) electrons. The molecule has 0 aromatic carbocycles. The standard InChI is InChI=1S/C14H18ClN5S.HI/c1-10-7-19-13(21-10)5-6-17-14(16-2)20-9-11-3-4-12(15)18-8-11;/h3-4,7-8H,5-6,9H2,1-2H3,(H2,16,17,20);1H. The van der Waals surface area contributed by atoms with Crippen LogP contribution in [0.15, 0.2) is 29.5 Å². The number of thiazole rings is 1. The molecule has 0 fully saturated rings. The highest BCUT2D eigenvalue weighted by molar-refractivity contribution is 14.0. The number of halogens is 2. The summed E-state index contributed by atoms with van der Waals surface area (Å²) in [5, 5.41) is 8.14. The van der Waals surface area contributed by atoms with Crippen molar-refractivity contribution in [1.82, 2.24) is 20.6 Å². The number of pyridine rings is 1. The summed E-state index contributed by atoms with van der Waals surface area (Å²) in [6.45, 7) is 3.51. The molecule has 0 aliphatic carbocycles. The van der Waals surface area contributed by atoms with Gasteiger partial charge in [-0.3, -0.25) is 4.99 Å². The van der Waals surface area contributed by atoms with Crippen LogP contribution in [-0.2, 0) is 13.0 Å². The molecule has 0 atom stereocenters. The summed E-state index contributed by atoms with van der Waals surface area (Å²) in [5.74, 6) is 0.762. The average Bonchev–Trinajstić information content (AvgIpc) is 2.90. The lowest BCUT2D eigenvalue weighted by molar-refractivity contribution is 0.790. The Morgan fingerprint density at radius 2 is 2.09 bits per heavy atom. The van der Waals surface area contributed by atoms with E-state index < -0.39 is 0 Å². The maximum atomic E-state index is 5.76. The molecule has 2 N–H and O–H groups in total. The molecule has 0 spiro atoms. The van der Waals surface area contributed by atoms with Gasteiger partial charge in [0.15, 0.2) is 5.96 Å². The monoisotopic (exact) mass is 451 g/mol. The minimum atomic E-state index is 0. The molecule has 2 rings (SSSR count). The number of nitrogens with one attached hydrogen (secondary N) is 2. The molecule has 0 amide bonds. The van der Waals surface area contributed by atoms with Crippen LogP contribution in [0.3, 0.4) is 0 Å². The third kappa shape index (κ3) is 6.45. The number of rotatable bonds is 5. The first kappa shape index (κ1) is 19.1. The molecule has 0 bridgehead atoms. The lowest BCUT2D eigenvalue weighted by atomic mass is 10.3. The summed E-state index contributed by atoms with van der Waals surface area (Å²) in [6, 6.07) is 3.72. The van der Waals surface area contributed by atoms with Gasteiger partial charge in [0.2, 0.25) is 0 Å². The van der Waals surface area contributed by atoms with E-state index in [4.69, 9.17) is 11.6 Å². The van der Waals surface area contributed by atoms with Crippen molar-refractivity contribution in [2.75, 3.05) is 13.6 Å². The van der Waals surface area contributed by atoms with Crippen molar-refractivity contribution in [2.24, 2.45) is 4.99 Å². The zero-order chi connectivity index (χ0) is 15.1. The maximum Gasteiger partial charge on any atom is 0.191 e. The van der Waals surface area contributed by atoms with E-state index in [2.05, 4.69) is 32.5 Å². The normalized spacial score (nSPS) is 11.0. The van der Waals surface area contributed by atoms with Crippen LogP contribution in [0, 0.1) is 6.92 Å². The number of aryl methyl sites for hydroxylation is 1. The largest absolute Gasteiger partial charge is 0.356 e. The second kappa shape index (κ2) is 9.96. The summed E-state index contributed by atoms with van der Waals surface area (Å²) < 4.78 is 0. The smallest absolute Gasteiger partial charge is 0.191 e. The first-order valence-electron chi connectivity index (χ1n) is 6.63. The number of hydrogen-bond donors (Lipinski definition) is 2. The molecule has 120 valence electrons. The number of aromatic nitrogens is 2. The van der Waals surface area contributed by atoms with Gasteiger partial charge in [-0.15, -0.1) is 35.3 Å². The second-order valence-corrected chi connectivity index (χ2v) is 6.16. The van der Waals surface area contributed by atoms with Crippen molar-refractivity contribution in [2.45, 2.75) is 19.9 Å². The molecule has 0 saturated carbocycles. The Hall–Kier alpha value is -0.930. The lowest BCUT2D eigenvalue weighted by Crippen LogP contribution is -2.37. The van der Waals surface area contributed by atoms with Crippen LogP contribution in [-0.4, -0.2) is 29.5 Å². The molecule has 2 heterocycles. The molecular formula is C14H19ClIN5S. The third-order valence-corrected chi connectivity index (χ3v) is 3.97. The van der Waals surface area contributed by atoms with Crippen molar-refractivity contribution in [3.63, 3.8) is 0 Å². The molecule has 0 saturated heterocycles. The molecule has 2 aromatic heterocycles. The number of aliphatic imine (C=N–C) groups is 1. The second-order valence-electron chi connectivity index (χ2n) is 4.46. The van der Waals surface area contributed by atoms with Crippen LogP contribution < -0.4 is 10.6 Å². The lowest BCUT2D eigenvalue weighted by Gasteiger charge is -2.11. The van der Waals surface area contributed by atoms with Crippen molar-refractivity contribution in [3.05, 3.63) is 45.1 Å². The Morgan fingerprint density at radius 3 is 2.68 bits per heavy atom. The zero-order valence-electron chi connectivity index (χ0n) is 12.5. The average molecular weight is 452 g/mol. The van der Waals surface area contributed by atoms with Gasteiger partial charge in [-0.1, -0.05) is 17.7 Å². The van der Waals surface area contributed by atoms with Gasteiger partial charge in [-0.05, 0) is 18.6 Å². The van der Waals surface area contributed by atoms with Crippen LogP contribution in [0.25, 0.3) is 0 Å². The van der Waals surface area contributed by atoms with E-state index >= 15 is 0 Å². The summed E-state index contributed by atoms with van der Waals surface area (Å²) in [5.41, 5.74) is 1.05. The van der Waals surface area contributed by atoms with E-state index in [1.165, 1.54) is 4.88 Å². The molecule has 0 unspecified atom stereocenters. The number of guanidine groups is 1. The highest BCUT2D eigenvalue weighted by atomic mass is 127. The minimum Gasteiger partial charge on any atom is -0.356 e. The van der Waals surface area contributed by atoms with Gasteiger partial charge in [0.25, 0.3) is 0 Å². The van der Waals surface area contributed by atoms with Crippen LogP contribution in [0.1, 0.15) is 15.4 Å². The van der Waals surface area contributed by atoms with E-state index in [-0.39, 0.29) is 24.0 Å². The summed E-state index contributed by atoms with van der Waals surface area (Å²) in [6.07, 6.45) is 4.54. The zero-order valence-corrected chi connectivity index (χ0v) is 16.4. The van der Waals surface area contributed by atoms with Gasteiger partial charge in [0.05, 0.1) is 5.01 Å². The van der Waals surface area contributed by atoms with Crippen molar-refractivity contribution >= 4 is 52.9 Å². The SMILES string of the molecule is CN=C(NCCc1ncc(C)s1)NCc1ccc(Cl)nc1.I. The number of hydrogen-bond acceptors (Lipinski definition) is 4. The fraction of sp³-hybridized carbons (Fsp3) is 0.357. The van der Waals surface area contributed by atoms with Gasteiger partial charge < -0.3 is 10.6 Å². The highest BCUT2D eigenvalue weighted by Crippen LogP contribution is 2.10. The maximum absolute atomic E-state index is 5.76. The van der Waals surface area contributed by atoms with Crippen LogP contribution in [0.4, 0.5) is 0 Å². The molecule has 2 aromatic rings. The quantitative estimate of drug-likeness (QED) is 0.317. The molecule has 5 nitrogen and oxygen atoms in total. The van der Waals surface area contributed by atoms with Crippen molar-refractivity contribution in [1.29, 1.82) is 0 Å². The van der Waals surface area contributed by atoms with E-state index in [0.717, 1.165) is 29.5 Å². The molecular weight excluding hydrogens is 433 g/mol. The predicted octanol–water partition coefficient (Wildman–Crippen LogP) is 3.03. The van der Waals surface area contributed by atoms with Gasteiger partial charge in [0, 0.05) is 43.8 Å². The Bertz CT molecular complexity index is 600. The number of nitrogens with zero attached hydrogens (tertiary/aromatic N) is 3. The highest BCUT2D eigenvalue weighted by Gasteiger charge is 2.01. The van der Waals surface area contributed by atoms with Crippen molar-refractivity contribution in [3.8, 4) is 0 Å². The fourth-order valence-electron chi connectivity index (χ4n) is 1.72. The summed E-state index contributed by atoms with van der Waals surface area (Å²) in [7, 11) is 1.75. The molecule has 22 heavy (non-hydrogen) atoms. The molecule has 0 aliphatic rings. The summed E-state index contributed by atoms with van der Waals surface area (Å²) in [4.78, 5) is 13.8. The predicted molar refractivity (Wildman–Crippen MR) is 103 cm³/mol. The molecule has 0 aliphatic heterocycles. The topological polar surface area (TPSA) is 62.2 Å². The fourth-order valence-corrected chi connectivity index (χ4v) is 2.62. The first-order valence-corrected chi connectivity index (χ1v) is 7.83. The van der Waals surface area contributed by atoms with E-state index in [1.54, 1.807) is 30.6 Å². The van der Waals surface area contributed by atoms with Crippen LogP contribution in [0.5, 0.6) is 0 Å². The van der Waals surface area contributed by atoms with Crippen LogP contribution in [0.2, 0.25) is 5.15 Å². The van der Waals surface area contributed by atoms with Crippen molar-refractivity contribution < 1.29 is 0 Å². The third-order valence-electron chi connectivity index (χ3n) is 2.77. The first-order chi connectivity index (χ1) is 10.2. The Labute approximate surface area is 156 Å². The van der Waals surface area contributed by atoms with Gasteiger partial charge in [-0.25, -0.2) is 9.97 Å². The molecule has 8 heteroatoms.